The molecule has 0 aromatic rings. The molecule has 70 valence electrons. The maximum atomic E-state index is 4.01. The molecule has 0 aliphatic rings. The quantitative estimate of drug-likeness (QED) is 0.494. The standard InChI is InChI=1S/C12H22/c1-5-8-11(4)9-10-12(6-2)7-3/h5,12H,1,4,6-10H2,2-3H3. The summed E-state index contributed by atoms with van der Waals surface area (Å²) in [5, 5.41) is 0. The Hall–Kier alpha value is -0.520. The molecule has 0 heterocycles. The van der Waals surface area contributed by atoms with Gasteiger partial charge in [0, 0.05) is 0 Å². The largest absolute Gasteiger partial charge is 0.103 e. The number of hydrogen-bond donors (Lipinski definition) is 0. The zero-order valence-electron chi connectivity index (χ0n) is 8.60. The van der Waals surface area contributed by atoms with Crippen molar-refractivity contribution in [2.45, 2.75) is 46.0 Å². The van der Waals surface area contributed by atoms with E-state index in [9.17, 15) is 0 Å². The van der Waals surface area contributed by atoms with Crippen LogP contribution in [-0.2, 0) is 0 Å². The highest BCUT2D eigenvalue weighted by molar-refractivity contribution is 4.99. The third kappa shape index (κ3) is 5.17. The fourth-order valence-corrected chi connectivity index (χ4v) is 1.41. The summed E-state index contributed by atoms with van der Waals surface area (Å²) in [5.41, 5.74) is 1.33. The number of hydrogen-bond acceptors (Lipinski definition) is 0. The molecule has 0 aliphatic heterocycles. The predicted octanol–water partition coefficient (Wildman–Crippen LogP) is 4.34. The van der Waals surface area contributed by atoms with E-state index in [1.807, 2.05) is 6.08 Å². The Morgan fingerprint density at radius 3 is 2.33 bits per heavy atom. The van der Waals surface area contributed by atoms with Gasteiger partial charge in [0.1, 0.15) is 0 Å². The minimum Gasteiger partial charge on any atom is -0.103 e. The molecule has 0 radical (unpaired) electrons. The van der Waals surface area contributed by atoms with E-state index in [0.717, 1.165) is 12.3 Å². The van der Waals surface area contributed by atoms with Crippen LogP contribution in [0.5, 0.6) is 0 Å². The molecule has 0 aromatic heterocycles. The maximum Gasteiger partial charge on any atom is -0.0144 e. The van der Waals surface area contributed by atoms with Crippen molar-refractivity contribution in [3.05, 3.63) is 24.8 Å². The Bertz CT molecular complexity index is 129. The Balaban J connectivity index is 3.51. The first-order chi connectivity index (χ1) is 5.74. The van der Waals surface area contributed by atoms with E-state index in [1.54, 1.807) is 0 Å². The lowest BCUT2D eigenvalue weighted by Gasteiger charge is -2.11. The van der Waals surface area contributed by atoms with Crippen LogP contribution in [0.25, 0.3) is 0 Å². The second-order valence-electron chi connectivity index (χ2n) is 3.46. The Kier molecular flexibility index (Phi) is 6.84. The van der Waals surface area contributed by atoms with Gasteiger partial charge in [0.2, 0.25) is 0 Å². The summed E-state index contributed by atoms with van der Waals surface area (Å²) in [6.45, 7) is 12.3. The van der Waals surface area contributed by atoms with Gasteiger partial charge in [-0.1, -0.05) is 44.9 Å². The molecule has 0 unspecified atom stereocenters. The molecule has 0 nitrogen and oxygen atoms in total. The van der Waals surface area contributed by atoms with Crippen molar-refractivity contribution in [2.75, 3.05) is 0 Å². The van der Waals surface area contributed by atoms with Crippen LogP contribution in [0.2, 0.25) is 0 Å². The molecule has 0 N–H and O–H groups in total. The van der Waals surface area contributed by atoms with Gasteiger partial charge < -0.3 is 0 Å². The molecular formula is C12H22. The van der Waals surface area contributed by atoms with Gasteiger partial charge in [0.25, 0.3) is 0 Å². The van der Waals surface area contributed by atoms with Crippen LogP contribution in [0, 0.1) is 5.92 Å². The van der Waals surface area contributed by atoms with E-state index in [4.69, 9.17) is 0 Å². The summed E-state index contributed by atoms with van der Waals surface area (Å²) in [6, 6.07) is 0. The summed E-state index contributed by atoms with van der Waals surface area (Å²) >= 11 is 0. The molecule has 0 saturated carbocycles. The SMILES string of the molecule is C=CCC(=C)CCC(CC)CC. The molecule has 0 atom stereocenters. The second-order valence-corrected chi connectivity index (χ2v) is 3.46. The summed E-state index contributed by atoms with van der Waals surface area (Å²) in [4.78, 5) is 0. The molecule has 0 spiro atoms. The molecule has 0 heteroatoms. The third-order valence-corrected chi connectivity index (χ3v) is 2.49. The normalized spacial score (nSPS) is 10.2. The Morgan fingerprint density at radius 1 is 1.33 bits per heavy atom. The van der Waals surface area contributed by atoms with Crippen molar-refractivity contribution in [1.29, 1.82) is 0 Å². The van der Waals surface area contributed by atoms with Gasteiger partial charge in [0.05, 0.1) is 0 Å². The van der Waals surface area contributed by atoms with Crippen molar-refractivity contribution in [2.24, 2.45) is 5.92 Å². The van der Waals surface area contributed by atoms with Crippen LogP contribution in [0.1, 0.15) is 46.0 Å². The predicted molar refractivity (Wildman–Crippen MR) is 57.3 cm³/mol. The van der Waals surface area contributed by atoms with Gasteiger partial charge in [-0.3, -0.25) is 0 Å². The first-order valence-electron chi connectivity index (χ1n) is 5.02. The molecule has 0 fully saturated rings. The topological polar surface area (TPSA) is 0 Å². The zero-order chi connectivity index (χ0) is 9.40. The van der Waals surface area contributed by atoms with Crippen molar-refractivity contribution in [3.8, 4) is 0 Å². The van der Waals surface area contributed by atoms with Gasteiger partial charge in [-0.2, -0.15) is 0 Å². The Labute approximate surface area is 77.4 Å². The van der Waals surface area contributed by atoms with Gasteiger partial charge in [-0.05, 0) is 25.2 Å². The highest BCUT2D eigenvalue weighted by Gasteiger charge is 2.03. The monoisotopic (exact) mass is 166 g/mol. The van der Waals surface area contributed by atoms with Gasteiger partial charge in [-0.25, -0.2) is 0 Å². The molecule has 0 aromatic carbocycles. The summed E-state index contributed by atoms with van der Waals surface area (Å²) in [5.74, 6) is 0.895. The molecule has 0 aliphatic carbocycles. The lowest BCUT2D eigenvalue weighted by atomic mass is 9.94. The minimum absolute atomic E-state index is 0.895. The number of rotatable bonds is 7. The van der Waals surface area contributed by atoms with Crippen molar-refractivity contribution in [3.63, 3.8) is 0 Å². The van der Waals surface area contributed by atoms with Crippen LogP contribution >= 0.6 is 0 Å². The molecule has 0 bridgehead atoms. The van der Waals surface area contributed by atoms with Gasteiger partial charge in [0.15, 0.2) is 0 Å². The molecular weight excluding hydrogens is 144 g/mol. The van der Waals surface area contributed by atoms with E-state index >= 15 is 0 Å². The molecule has 12 heavy (non-hydrogen) atoms. The molecule has 0 amide bonds. The van der Waals surface area contributed by atoms with E-state index in [-0.39, 0.29) is 0 Å². The second kappa shape index (κ2) is 7.15. The van der Waals surface area contributed by atoms with Crippen LogP contribution in [-0.4, -0.2) is 0 Å². The summed E-state index contributed by atoms with van der Waals surface area (Å²) < 4.78 is 0. The van der Waals surface area contributed by atoms with E-state index in [1.165, 1.54) is 31.3 Å². The lowest BCUT2D eigenvalue weighted by Crippen LogP contribution is -1.96. The Morgan fingerprint density at radius 2 is 1.92 bits per heavy atom. The highest BCUT2D eigenvalue weighted by Crippen LogP contribution is 2.18. The lowest BCUT2D eigenvalue weighted by molar-refractivity contribution is 0.454. The minimum atomic E-state index is 0.895. The first-order valence-corrected chi connectivity index (χ1v) is 5.02. The number of allylic oxidation sites excluding steroid dienone is 2. The van der Waals surface area contributed by atoms with Crippen LogP contribution < -0.4 is 0 Å². The van der Waals surface area contributed by atoms with Crippen molar-refractivity contribution < 1.29 is 0 Å². The van der Waals surface area contributed by atoms with Gasteiger partial charge in [-0.15, -0.1) is 6.58 Å². The highest BCUT2D eigenvalue weighted by atomic mass is 14.1. The smallest absolute Gasteiger partial charge is 0.0144 e. The fraction of sp³-hybridized carbons (Fsp3) is 0.667. The van der Waals surface area contributed by atoms with Crippen LogP contribution in [0.3, 0.4) is 0 Å². The van der Waals surface area contributed by atoms with Crippen LogP contribution in [0.4, 0.5) is 0 Å². The van der Waals surface area contributed by atoms with Crippen LogP contribution in [0.15, 0.2) is 24.8 Å². The van der Waals surface area contributed by atoms with E-state index < -0.39 is 0 Å². The zero-order valence-corrected chi connectivity index (χ0v) is 8.60. The maximum absolute atomic E-state index is 4.01. The molecule has 0 saturated heterocycles. The van der Waals surface area contributed by atoms with E-state index in [2.05, 4.69) is 27.0 Å². The summed E-state index contributed by atoms with van der Waals surface area (Å²) in [6.07, 6.45) is 8.02. The summed E-state index contributed by atoms with van der Waals surface area (Å²) in [7, 11) is 0. The average molecular weight is 166 g/mol. The van der Waals surface area contributed by atoms with E-state index in [0.29, 0.717) is 0 Å². The first kappa shape index (κ1) is 11.5. The fourth-order valence-electron chi connectivity index (χ4n) is 1.41. The molecule has 0 rings (SSSR count). The third-order valence-electron chi connectivity index (χ3n) is 2.49. The van der Waals surface area contributed by atoms with Crippen molar-refractivity contribution >= 4 is 0 Å². The van der Waals surface area contributed by atoms with Gasteiger partial charge >= 0.3 is 0 Å². The average Bonchev–Trinajstić information content (AvgIpc) is 2.07. The van der Waals surface area contributed by atoms with Crippen molar-refractivity contribution in [1.82, 2.24) is 0 Å².